The molecule has 0 radical (unpaired) electrons. The predicted molar refractivity (Wildman–Crippen MR) is 66.0 cm³/mol. The third-order valence-corrected chi connectivity index (χ3v) is 4.43. The molecule has 0 fully saturated rings. The Kier molecular flexibility index (Phi) is 6.17. The number of rotatable bonds is 7. The average Bonchev–Trinajstić information content (AvgIpc) is 2.29. The van der Waals surface area contributed by atoms with Crippen LogP contribution in [0.15, 0.2) is 28.0 Å². The van der Waals surface area contributed by atoms with Crippen LogP contribution in [-0.2, 0) is 23.4 Å². The molecule has 0 aliphatic carbocycles. The largest absolute Gasteiger partial charge is 0.496 e. The maximum Gasteiger partial charge on any atom is 0.496 e. The van der Waals surface area contributed by atoms with E-state index >= 15 is 0 Å². The van der Waals surface area contributed by atoms with Gasteiger partial charge in [0.2, 0.25) is 6.79 Å². The second-order valence-electron chi connectivity index (χ2n) is 2.92. The van der Waals surface area contributed by atoms with Crippen molar-refractivity contribution in [3.63, 3.8) is 0 Å². The van der Waals surface area contributed by atoms with Crippen molar-refractivity contribution in [2.24, 2.45) is 0 Å². The van der Waals surface area contributed by atoms with Gasteiger partial charge in [-0.15, -0.1) is 16.3 Å². The molecule has 5 nitrogen and oxygen atoms in total. The molecule has 1 atom stereocenters. The van der Waals surface area contributed by atoms with Crippen LogP contribution in [0.2, 0.25) is 0 Å². The molecule has 1 unspecified atom stereocenters. The lowest BCUT2D eigenvalue weighted by Gasteiger charge is -2.09. The van der Waals surface area contributed by atoms with Gasteiger partial charge in [0.1, 0.15) is 10.7 Å². The topological polar surface area (TPSA) is 69.7 Å². The highest BCUT2D eigenvalue weighted by molar-refractivity contribution is 8.00. The average molecular weight is 313 g/mol. The van der Waals surface area contributed by atoms with Crippen molar-refractivity contribution >= 4 is 30.6 Å². The summed E-state index contributed by atoms with van der Waals surface area (Å²) in [5.74, 6) is -0.303. The van der Waals surface area contributed by atoms with Crippen LogP contribution in [0.4, 0.5) is 4.39 Å². The molecule has 0 aliphatic rings. The van der Waals surface area contributed by atoms with Gasteiger partial charge in [-0.2, -0.15) is 8.42 Å². The summed E-state index contributed by atoms with van der Waals surface area (Å²) in [7, 11) is -5.41. The van der Waals surface area contributed by atoms with Crippen molar-refractivity contribution in [3.8, 4) is 0 Å². The molecule has 0 bridgehead atoms. The Hall–Kier alpha value is -0.530. The third kappa shape index (κ3) is 4.00. The number of hydrogen-bond acceptors (Lipinski definition) is 6. The molecule has 0 amide bonds. The van der Waals surface area contributed by atoms with E-state index < -0.39 is 36.3 Å². The third-order valence-electron chi connectivity index (χ3n) is 1.80. The Bertz CT molecular complexity index is 520. The quantitative estimate of drug-likeness (QED) is 0.253. The summed E-state index contributed by atoms with van der Waals surface area (Å²) in [5.41, 5.74) is 0. The molecule has 0 saturated heterocycles. The highest BCUT2D eigenvalue weighted by Crippen LogP contribution is 2.29. The zero-order chi connectivity index (χ0) is 13.6. The molecule has 1 aromatic rings. The Morgan fingerprint density at radius 2 is 2.17 bits per heavy atom. The SMILES string of the molecule is CCSc1cccc(F)c1S(=O)(=O)OCO[PH+]=O. The van der Waals surface area contributed by atoms with Gasteiger partial charge in [0, 0.05) is 4.90 Å². The molecule has 0 aromatic heterocycles. The molecule has 0 aliphatic heterocycles. The standard InChI is InChI=1S/C9H11FO5PS2/c1-2-17-8-5-3-4-7(10)9(8)18(12,13)15-6-14-16-11/h3-5,16H,2,6H2,1H3/q+1. The van der Waals surface area contributed by atoms with Gasteiger partial charge >= 0.3 is 18.8 Å². The predicted octanol–water partition coefficient (Wildman–Crippen LogP) is 2.56. The van der Waals surface area contributed by atoms with Crippen LogP contribution in [0.1, 0.15) is 6.92 Å². The monoisotopic (exact) mass is 313 g/mol. The lowest BCUT2D eigenvalue weighted by Crippen LogP contribution is -2.11. The second-order valence-corrected chi connectivity index (χ2v) is 6.23. The van der Waals surface area contributed by atoms with Gasteiger partial charge in [-0.1, -0.05) is 13.0 Å². The highest BCUT2D eigenvalue weighted by Gasteiger charge is 2.25. The summed E-state index contributed by atoms with van der Waals surface area (Å²) in [6.07, 6.45) is 0. The van der Waals surface area contributed by atoms with Crippen molar-refractivity contribution in [1.82, 2.24) is 0 Å². The Morgan fingerprint density at radius 3 is 2.78 bits per heavy atom. The summed E-state index contributed by atoms with van der Waals surface area (Å²) < 4.78 is 55.9. The second kappa shape index (κ2) is 7.16. The van der Waals surface area contributed by atoms with E-state index in [0.29, 0.717) is 5.75 Å². The van der Waals surface area contributed by atoms with Crippen molar-refractivity contribution < 1.29 is 26.1 Å². The summed E-state index contributed by atoms with van der Waals surface area (Å²) in [6.45, 7) is 1.10. The summed E-state index contributed by atoms with van der Waals surface area (Å²) in [4.78, 5) is -0.253. The first-order chi connectivity index (χ1) is 8.53. The van der Waals surface area contributed by atoms with Crippen molar-refractivity contribution in [2.45, 2.75) is 16.7 Å². The van der Waals surface area contributed by atoms with Crippen LogP contribution in [0.5, 0.6) is 0 Å². The van der Waals surface area contributed by atoms with Gasteiger partial charge in [0.25, 0.3) is 0 Å². The van der Waals surface area contributed by atoms with Crippen LogP contribution in [0.3, 0.4) is 0 Å². The van der Waals surface area contributed by atoms with Crippen LogP contribution in [0, 0.1) is 5.82 Å². The Labute approximate surface area is 110 Å². The van der Waals surface area contributed by atoms with E-state index in [1.165, 1.54) is 23.9 Å². The first-order valence-electron chi connectivity index (χ1n) is 4.82. The maximum atomic E-state index is 13.6. The number of benzene rings is 1. The van der Waals surface area contributed by atoms with Gasteiger partial charge < -0.3 is 0 Å². The zero-order valence-electron chi connectivity index (χ0n) is 9.38. The lowest BCUT2D eigenvalue weighted by atomic mass is 10.3. The fourth-order valence-corrected chi connectivity index (χ4v) is 3.47. The maximum absolute atomic E-state index is 13.6. The smallest absolute Gasteiger partial charge is 0.232 e. The van der Waals surface area contributed by atoms with Crippen molar-refractivity contribution in [3.05, 3.63) is 24.0 Å². The van der Waals surface area contributed by atoms with Crippen LogP contribution >= 0.6 is 20.4 Å². The van der Waals surface area contributed by atoms with Gasteiger partial charge in [-0.25, -0.2) is 8.57 Å². The van der Waals surface area contributed by atoms with Crippen molar-refractivity contribution in [2.75, 3.05) is 12.5 Å². The van der Waals surface area contributed by atoms with E-state index in [0.717, 1.165) is 6.07 Å². The fraction of sp³-hybridized carbons (Fsp3) is 0.333. The molecule has 0 spiro atoms. The fourth-order valence-electron chi connectivity index (χ4n) is 1.17. The first-order valence-corrected chi connectivity index (χ1v) is 8.03. The van der Waals surface area contributed by atoms with E-state index in [9.17, 15) is 17.4 Å². The van der Waals surface area contributed by atoms with Crippen LogP contribution < -0.4 is 0 Å². The van der Waals surface area contributed by atoms with E-state index in [-0.39, 0.29) is 4.90 Å². The minimum Gasteiger partial charge on any atom is -0.232 e. The number of halogens is 1. The normalized spacial score (nSPS) is 11.9. The molecule has 18 heavy (non-hydrogen) atoms. The van der Waals surface area contributed by atoms with E-state index in [4.69, 9.17) is 0 Å². The molecule has 1 aromatic carbocycles. The van der Waals surface area contributed by atoms with Gasteiger partial charge in [0.05, 0.1) is 0 Å². The molecule has 0 saturated carbocycles. The number of hydrogen-bond donors (Lipinski definition) is 0. The molecule has 9 heteroatoms. The van der Waals surface area contributed by atoms with Crippen LogP contribution in [0.25, 0.3) is 0 Å². The summed E-state index contributed by atoms with van der Waals surface area (Å²) in [5, 5.41) is 0. The molecule has 0 heterocycles. The van der Waals surface area contributed by atoms with E-state index in [1.807, 2.05) is 6.92 Å². The van der Waals surface area contributed by atoms with Crippen LogP contribution in [-0.4, -0.2) is 21.0 Å². The molecule has 0 N–H and O–H groups in total. The highest BCUT2D eigenvalue weighted by atomic mass is 32.2. The summed E-state index contributed by atoms with van der Waals surface area (Å²) in [6, 6.07) is 3.94. The number of thioether (sulfide) groups is 1. The Balaban J connectivity index is 3.09. The minimum atomic E-state index is -4.27. The van der Waals surface area contributed by atoms with Gasteiger partial charge in [0.15, 0.2) is 0 Å². The molecule has 100 valence electrons. The zero-order valence-corrected chi connectivity index (χ0v) is 12.0. The minimum absolute atomic E-state index is 0.266. The molecular formula is C9H11FO5PS2+. The van der Waals surface area contributed by atoms with Crippen molar-refractivity contribution in [1.29, 1.82) is 0 Å². The Morgan fingerprint density at radius 1 is 1.44 bits per heavy atom. The molecule has 1 rings (SSSR count). The summed E-state index contributed by atoms with van der Waals surface area (Å²) >= 11 is 1.18. The van der Waals surface area contributed by atoms with Gasteiger partial charge in [-0.3, -0.25) is 0 Å². The van der Waals surface area contributed by atoms with Gasteiger partial charge in [-0.05, 0) is 22.5 Å². The first kappa shape index (κ1) is 15.5. The van der Waals surface area contributed by atoms with E-state index in [2.05, 4.69) is 8.71 Å². The van der Waals surface area contributed by atoms with E-state index in [1.54, 1.807) is 0 Å². The lowest BCUT2D eigenvalue weighted by molar-refractivity contribution is 0.139. The molecular weight excluding hydrogens is 302 g/mol.